The van der Waals surface area contributed by atoms with Crippen LogP contribution >= 0.6 is 0 Å². The number of rotatable bonds is 2. The van der Waals surface area contributed by atoms with E-state index in [4.69, 9.17) is 0 Å². The third kappa shape index (κ3) is 2.47. The summed E-state index contributed by atoms with van der Waals surface area (Å²) in [5, 5.41) is 17.8. The molecule has 2 aromatic rings. The van der Waals surface area contributed by atoms with Gasteiger partial charge in [0.05, 0.1) is 23.4 Å². The topological polar surface area (TPSA) is 84.2 Å². The highest BCUT2D eigenvalue weighted by Gasteiger charge is 2.45. The lowest BCUT2D eigenvalue weighted by molar-refractivity contribution is -0.505. The molecule has 0 saturated carbocycles. The molecule has 120 valence electrons. The number of aliphatic imine (C=N–C) groups is 1. The lowest BCUT2D eigenvalue weighted by atomic mass is 9.80. The van der Waals surface area contributed by atoms with Crippen molar-refractivity contribution in [2.24, 2.45) is 4.99 Å². The fraction of sp³-hybridized carbons (Fsp3) is 0.286. The van der Waals surface area contributed by atoms with Crippen molar-refractivity contribution in [3.05, 3.63) is 57.3 Å². The largest absolute Gasteiger partial charge is 0.416 e. The van der Waals surface area contributed by atoms with Gasteiger partial charge < -0.3 is 0 Å². The third-order valence-corrected chi connectivity index (χ3v) is 3.84. The second-order valence-electron chi connectivity index (χ2n) is 5.22. The first-order valence-corrected chi connectivity index (χ1v) is 6.68. The number of aromatic nitrogens is 2. The first-order valence-electron chi connectivity index (χ1n) is 6.68. The summed E-state index contributed by atoms with van der Waals surface area (Å²) in [6.45, 7) is 1.43. The Morgan fingerprint density at radius 1 is 1.26 bits per heavy atom. The summed E-state index contributed by atoms with van der Waals surface area (Å²) in [7, 11) is 0. The summed E-state index contributed by atoms with van der Waals surface area (Å²) in [6.07, 6.45) is -3.32. The molecule has 0 fully saturated rings. The van der Waals surface area contributed by atoms with Crippen molar-refractivity contribution in [3.63, 3.8) is 0 Å². The molecule has 0 radical (unpaired) electrons. The van der Waals surface area contributed by atoms with Gasteiger partial charge in [-0.3, -0.25) is 15.2 Å². The highest BCUT2D eigenvalue weighted by Crippen LogP contribution is 2.43. The molecule has 1 N–H and O–H groups in total. The van der Waals surface area contributed by atoms with Crippen LogP contribution in [0.4, 0.5) is 19.0 Å². The zero-order valence-corrected chi connectivity index (χ0v) is 11.8. The zero-order chi connectivity index (χ0) is 16.8. The molecule has 2 heterocycles. The minimum absolute atomic E-state index is 0.133. The number of aromatic amines is 1. The monoisotopic (exact) mass is 324 g/mol. The van der Waals surface area contributed by atoms with Gasteiger partial charge in [-0.25, -0.2) is 4.99 Å². The molecule has 0 saturated heterocycles. The second-order valence-corrected chi connectivity index (χ2v) is 5.22. The van der Waals surface area contributed by atoms with Crippen molar-refractivity contribution in [1.82, 2.24) is 10.2 Å². The van der Waals surface area contributed by atoms with Gasteiger partial charge in [-0.1, -0.05) is 18.2 Å². The molecule has 9 heteroatoms. The number of benzene rings is 1. The van der Waals surface area contributed by atoms with Gasteiger partial charge in [0, 0.05) is 10.5 Å². The van der Waals surface area contributed by atoms with E-state index in [-0.39, 0.29) is 22.7 Å². The van der Waals surface area contributed by atoms with Crippen molar-refractivity contribution in [2.75, 3.05) is 0 Å². The van der Waals surface area contributed by atoms with E-state index >= 15 is 0 Å². The number of nitrogens with one attached hydrogen (secondary N) is 1. The minimum Gasteiger partial charge on any atom is -0.264 e. The van der Waals surface area contributed by atoms with Gasteiger partial charge in [0.25, 0.3) is 6.04 Å². The maximum absolute atomic E-state index is 13.3. The number of H-pyrrole nitrogens is 1. The summed E-state index contributed by atoms with van der Waals surface area (Å²) in [4.78, 5) is 14.9. The van der Waals surface area contributed by atoms with Crippen molar-refractivity contribution in [2.45, 2.75) is 25.1 Å². The van der Waals surface area contributed by atoms with E-state index < -0.39 is 28.6 Å². The zero-order valence-electron chi connectivity index (χ0n) is 11.8. The van der Waals surface area contributed by atoms with Crippen LogP contribution in [0.3, 0.4) is 0 Å². The fourth-order valence-electron chi connectivity index (χ4n) is 2.90. The van der Waals surface area contributed by atoms with Crippen LogP contribution in [0.15, 0.2) is 35.5 Å². The number of nitro groups is 1. The normalized spacial score (nSPS) is 20.8. The van der Waals surface area contributed by atoms with Crippen LogP contribution in [0.25, 0.3) is 0 Å². The molecule has 0 bridgehead atoms. The molecular weight excluding hydrogens is 313 g/mol. The van der Waals surface area contributed by atoms with E-state index in [1.54, 1.807) is 0 Å². The Balaban J connectivity index is 2.25. The van der Waals surface area contributed by atoms with Crippen LogP contribution in [-0.4, -0.2) is 26.9 Å². The molecule has 2 atom stereocenters. The van der Waals surface area contributed by atoms with Gasteiger partial charge in [-0.15, -0.1) is 0 Å². The lowest BCUT2D eigenvalue weighted by Crippen LogP contribution is -2.37. The van der Waals surface area contributed by atoms with Gasteiger partial charge in [-0.2, -0.15) is 18.3 Å². The van der Waals surface area contributed by atoms with E-state index in [1.165, 1.54) is 31.3 Å². The smallest absolute Gasteiger partial charge is 0.264 e. The molecule has 6 nitrogen and oxygen atoms in total. The van der Waals surface area contributed by atoms with Gasteiger partial charge >= 0.3 is 6.18 Å². The van der Waals surface area contributed by atoms with Crippen molar-refractivity contribution >= 4 is 11.5 Å². The molecule has 23 heavy (non-hydrogen) atoms. The maximum Gasteiger partial charge on any atom is 0.416 e. The number of nitrogens with zero attached hydrogens (tertiary/aromatic N) is 3. The molecule has 3 rings (SSSR count). The summed E-state index contributed by atoms with van der Waals surface area (Å²) in [5.74, 6) is -0.850. The Hall–Kier alpha value is -2.71. The Morgan fingerprint density at radius 3 is 2.61 bits per heavy atom. The van der Waals surface area contributed by atoms with E-state index in [2.05, 4.69) is 15.2 Å². The standard InChI is InChI=1S/C14H11F3N4O2/c1-7-12(21(22)23)11(9-6-18-20-13(9)19-7)8-4-2-3-5-10(8)14(15,16)17/h2-6,11-12H,1H3,(H,18,20). The summed E-state index contributed by atoms with van der Waals surface area (Å²) in [5.41, 5.74) is -0.625. The Bertz CT molecular complexity index is 797. The Morgan fingerprint density at radius 2 is 1.96 bits per heavy atom. The Kier molecular flexibility index (Phi) is 3.42. The number of halogens is 3. The van der Waals surface area contributed by atoms with E-state index in [0.717, 1.165) is 6.07 Å². The number of hydrogen-bond acceptors (Lipinski definition) is 4. The second kappa shape index (κ2) is 5.18. The highest BCUT2D eigenvalue weighted by molar-refractivity contribution is 5.92. The number of alkyl halides is 3. The fourth-order valence-corrected chi connectivity index (χ4v) is 2.90. The SMILES string of the molecule is CC1=Nc2[nH]ncc2C(c2ccccc2C(F)(F)F)C1[N+](=O)[O-]. The first kappa shape index (κ1) is 15.2. The summed E-state index contributed by atoms with van der Waals surface area (Å²) in [6, 6.07) is 3.51. The van der Waals surface area contributed by atoms with Crippen molar-refractivity contribution in [1.29, 1.82) is 0 Å². The molecule has 1 aromatic carbocycles. The van der Waals surface area contributed by atoms with Gasteiger partial charge in [0.1, 0.15) is 0 Å². The quantitative estimate of drug-likeness (QED) is 0.679. The van der Waals surface area contributed by atoms with E-state index in [0.29, 0.717) is 0 Å². The predicted octanol–water partition coefficient (Wildman–Crippen LogP) is 3.31. The van der Waals surface area contributed by atoms with Crippen molar-refractivity contribution < 1.29 is 18.1 Å². The first-order chi connectivity index (χ1) is 10.8. The van der Waals surface area contributed by atoms with Gasteiger partial charge in [0.2, 0.25) is 0 Å². The van der Waals surface area contributed by atoms with Crippen LogP contribution in [0.1, 0.15) is 29.5 Å². The molecule has 1 aromatic heterocycles. The van der Waals surface area contributed by atoms with Crippen molar-refractivity contribution in [3.8, 4) is 0 Å². The van der Waals surface area contributed by atoms with Crippen LogP contribution in [0.5, 0.6) is 0 Å². The Labute approximate surface area is 128 Å². The number of hydrogen-bond donors (Lipinski definition) is 1. The molecule has 0 aliphatic carbocycles. The van der Waals surface area contributed by atoms with Crippen LogP contribution in [0, 0.1) is 10.1 Å². The summed E-state index contributed by atoms with van der Waals surface area (Å²) >= 11 is 0. The maximum atomic E-state index is 13.3. The van der Waals surface area contributed by atoms with Gasteiger partial charge in [-0.05, 0) is 18.6 Å². The lowest BCUT2D eigenvalue weighted by Gasteiger charge is -2.26. The predicted molar refractivity (Wildman–Crippen MR) is 75.4 cm³/mol. The van der Waals surface area contributed by atoms with E-state index in [9.17, 15) is 23.3 Å². The molecule has 2 unspecified atom stereocenters. The number of fused-ring (bicyclic) bond motifs is 1. The molecule has 0 spiro atoms. The van der Waals surface area contributed by atoms with E-state index in [1.807, 2.05) is 0 Å². The molecule has 1 aliphatic rings. The van der Waals surface area contributed by atoms with Gasteiger partial charge in [0.15, 0.2) is 5.82 Å². The third-order valence-electron chi connectivity index (χ3n) is 3.84. The average molecular weight is 324 g/mol. The van der Waals surface area contributed by atoms with Crippen LogP contribution in [0.2, 0.25) is 0 Å². The average Bonchev–Trinajstić information content (AvgIpc) is 2.92. The summed E-state index contributed by atoms with van der Waals surface area (Å²) < 4.78 is 39.9. The molecule has 1 aliphatic heterocycles. The highest BCUT2D eigenvalue weighted by atomic mass is 19.4. The van der Waals surface area contributed by atoms with Crippen LogP contribution in [-0.2, 0) is 6.18 Å². The minimum atomic E-state index is -4.61. The van der Waals surface area contributed by atoms with Crippen LogP contribution < -0.4 is 0 Å². The molecular formula is C14H11F3N4O2. The molecule has 0 amide bonds.